The van der Waals surface area contributed by atoms with Crippen molar-refractivity contribution in [2.24, 2.45) is 0 Å². The van der Waals surface area contributed by atoms with Crippen molar-refractivity contribution in [2.45, 2.75) is 19.0 Å². The molecule has 0 aromatic rings. The average Bonchev–Trinajstić information content (AvgIpc) is 1.61. The van der Waals surface area contributed by atoms with Crippen LogP contribution in [0, 0.1) is 0 Å². The van der Waals surface area contributed by atoms with Gasteiger partial charge in [0.15, 0.2) is 10.1 Å². The summed E-state index contributed by atoms with van der Waals surface area (Å²) < 4.78 is 34.6. The number of hydrogen-bond acceptors (Lipinski definition) is 5. The van der Waals surface area contributed by atoms with Crippen molar-refractivity contribution in [3.63, 3.8) is 0 Å². The molecule has 0 spiro atoms. The molecule has 1 unspecified atom stereocenters. The van der Waals surface area contributed by atoms with E-state index in [2.05, 4.69) is 4.74 Å². The molecule has 0 aliphatic rings. The molecule has 0 bridgehead atoms. The van der Waals surface area contributed by atoms with Crippen LogP contribution in [0.1, 0.15) is 13.8 Å². The summed E-state index contributed by atoms with van der Waals surface area (Å²) in [6.07, 6.45) is 0. The summed E-state index contributed by atoms with van der Waals surface area (Å²) in [7, 11) is -4.78. The second kappa shape index (κ2) is 4.76. The molecule has 0 rings (SSSR count). The zero-order valence-electron chi connectivity index (χ0n) is 6.70. The third kappa shape index (κ3) is 4.41. The van der Waals surface area contributed by atoms with Crippen LogP contribution in [0.25, 0.3) is 0 Å². The molecule has 0 aliphatic heterocycles. The van der Waals surface area contributed by atoms with E-state index in [0.29, 0.717) is 0 Å². The summed E-state index contributed by atoms with van der Waals surface area (Å²) in [5, 5.41) is 6.13. The van der Waals surface area contributed by atoms with Gasteiger partial charge in [0.2, 0.25) is 0 Å². The minimum atomic E-state index is -4.78. The Labute approximate surface area is 87.8 Å². The first-order valence-electron chi connectivity index (χ1n) is 2.63. The average molecular weight is 192 g/mol. The van der Waals surface area contributed by atoms with E-state index in [9.17, 15) is 13.0 Å². The molecule has 1 atom stereocenters. The molecule has 0 saturated heterocycles. The van der Waals surface area contributed by atoms with Crippen molar-refractivity contribution in [3.8, 4) is 0 Å². The number of ether oxygens (including phenoxy) is 1. The first-order valence-corrected chi connectivity index (χ1v) is 4.04. The summed E-state index contributed by atoms with van der Waals surface area (Å²) in [6, 6.07) is 0. The molecule has 0 fully saturated rings. The Bertz CT molecular complexity index is 197. The van der Waals surface area contributed by atoms with Crippen LogP contribution in [0.3, 0.4) is 0 Å². The van der Waals surface area contributed by atoms with Crippen molar-refractivity contribution >= 4 is 10.1 Å². The summed E-state index contributed by atoms with van der Waals surface area (Å²) in [4.78, 5) is 0. The molecule has 0 aromatic carbocycles. The van der Waals surface area contributed by atoms with Crippen LogP contribution in [0.15, 0.2) is 0 Å². The van der Waals surface area contributed by atoms with Crippen LogP contribution in [0.5, 0.6) is 0 Å². The Morgan fingerprint density at radius 2 is 2.00 bits per heavy atom. The third-order valence-corrected chi connectivity index (χ3v) is 1.92. The zero-order chi connectivity index (χ0) is 8.41. The second-order valence-electron chi connectivity index (χ2n) is 1.78. The maximum atomic E-state index is 10.1. The number of aliphatic hydroxyl groups is 1. The smallest absolute Gasteiger partial charge is 0.744 e. The minimum absolute atomic E-state index is 0. The van der Waals surface area contributed by atoms with E-state index in [1.165, 1.54) is 6.92 Å². The molecule has 0 amide bonds. The fraction of sp³-hybridized carbons (Fsp3) is 1.00. The number of hydrogen-bond donors (Lipinski definition) is 1. The number of rotatable bonds is 3. The molecule has 0 aliphatic carbocycles. The molecule has 0 aromatic heterocycles. The summed E-state index contributed by atoms with van der Waals surface area (Å²) >= 11 is 0. The first-order chi connectivity index (χ1) is 4.31. The van der Waals surface area contributed by atoms with E-state index in [1.54, 1.807) is 0 Å². The van der Waals surface area contributed by atoms with Crippen molar-refractivity contribution in [1.29, 1.82) is 0 Å². The standard InChI is InChI=1S/C4H10O5S.Na/c1-3-9-4(2,5)10(6,7)8;/h5H,3H2,1-2H3,(H,6,7,8);/q;+1/p-1. The van der Waals surface area contributed by atoms with Gasteiger partial charge in [0, 0.05) is 13.5 Å². The molecule has 5 nitrogen and oxygen atoms in total. The van der Waals surface area contributed by atoms with Gasteiger partial charge in [-0.1, -0.05) is 0 Å². The minimum Gasteiger partial charge on any atom is -0.744 e. The molecule has 0 heterocycles. The van der Waals surface area contributed by atoms with Gasteiger partial charge in [0.25, 0.3) is 5.12 Å². The van der Waals surface area contributed by atoms with E-state index < -0.39 is 15.2 Å². The fourth-order valence-electron chi connectivity index (χ4n) is 0.340. The van der Waals surface area contributed by atoms with Crippen LogP contribution in [-0.4, -0.2) is 29.8 Å². The van der Waals surface area contributed by atoms with Gasteiger partial charge in [0.1, 0.15) is 0 Å². The summed E-state index contributed by atoms with van der Waals surface area (Å²) in [5.41, 5.74) is 0. The summed E-state index contributed by atoms with van der Waals surface area (Å²) in [5.74, 6) is 0. The maximum absolute atomic E-state index is 10.1. The SMILES string of the molecule is CCOC(C)(O)S(=O)(=O)[O-].[Na+]. The van der Waals surface area contributed by atoms with Gasteiger partial charge in [-0.15, -0.1) is 0 Å². The topological polar surface area (TPSA) is 86.7 Å². The largest absolute Gasteiger partial charge is 1.00 e. The van der Waals surface area contributed by atoms with Gasteiger partial charge in [0.05, 0.1) is 0 Å². The van der Waals surface area contributed by atoms with Crippen LogP contribution >= 0.6 is 0 Å². The van der Waals surface area contributed by atoms with E-state index in [0.717, 1.165) is 6.92 Å². The zero-order valence-corrected chi connectivity index (χ0v) is 9.51. The molecule has 1 N–H and O–H groups in total. The Kier molecular flexibility index (Phi) is 6.21. The van der Waals surface area contributed by atoms with E-state index >= 15 is 0 Å². The second-order valence-corrected chi connectivity index (χ2v) is 3.45. The third-order valence-electron chi connectivity index (χ3n) is 0.876. The predicted molar refractivity (Wildman–Crippen MR) is 31.9 cm³/mol. The quantitative estimate of drug-likeness (QED) is 0.282. The van der Waals surface area contributed by atoms with Crippen LogP contribution in [0.2, 0.25) is 0 Å². The molecule has 0 saturated carbocycles. The Balaban J connectivity index is 0. The Hall–Kier alpha value is 0.830. The molecule has 0 radical (unpaired) electrons. The Morgan fingerprint density at radius 3 is 2.09 bits per heavy atom. The predicted octanol–water partition coefficient (Wildman–Crippen LogP) is -3.76. The van der Waals surface area contributed by atoms with Gasteiger partial charge in [-0.05, 0) is 6.92 Å². The molecular weight excluding hydrogens is 183 g/mol. The van der Waals surface area contributed by atoms with Crippen molar-refractivity contribution < 1.29 is 52.4 Å². The van der Waals surface area contributed by atoms with E-state index in [4.69, 9.17) is 5.11 Å². The van der Waals surface area contributed by atoms with Crippen LogP contribution in [-0.2, 0) is 14.9 Å². The van der Waals surface area contributed by atoms with Crippen molar-refractivity contribution in [1.82, 2.24) is 0 Å². The van der Waals surface area contributed by atoms with E-state index in [-0.39, 0.29) is 36.2 Å². The Morgan fingerprint density at radius 1 is 1.64 bits per heavy atom. The van der Waals surface area contributed by atoms with Gasteiger partial charge >= 0.3 is 29.6 Å². The van der Waals surface area contributed by atoms with Gasteiger partial charge in [-0.3, -0.25) is 0 Å². The molecule has 62 valence electrons. The van der Waals surface area contributed by atoms with Gasteiger partial charge in [-0.2, -0.15) is 0 Å². The van der Waals surface area contributed by atoms with Crippen molar-refractivity contribution in [2.75, 3.05) is 6.61 Å². The monoisotopic (exact) mass is 192 g/mol. The van der Waals surface area contributed by atoms with E-state index in [1.807, 2.05) is 0 Å². The van der Waals surface area contributed by atoms with Crippen LogP contribution < -0.4 is 29.6 Å². The van der Waals surface area contributed by atoms with Gasteiger partial charge in [-0.25, -0.2) is 8.42 Å². The molecular formula is C4H9NaO5S. The normalized spacial score (nSPS) is 16.7. The van der Waals surface area contributed by atoms with Crippen LogP contribution in [0.4, 0.5) is 0 Å². The first kappa shape index (κ1) is 14.4. The van der Waals surface area contributed by atoms with Crippen molar-refractivity contribution in [3.05, 3.63) is 0 Å². The van der Waals surface area contributed by atoms with Gasteiger partial charge < -0.3 is 14.4 Å². The maximum Gasteiger partial charge on any atom is 1.00 e. The molecule has 7 heteroatoms. The summed E-state index contributed by atoms with van der Waals surface area (Å²) in [6.45, 7) is 2.23. The molecule has 11 heavy (non-hydrogen) atoms. The fourth-order valence-corrected chi connectivity index (χ4v) is 0.602.